The minimum atomic E-state index is 0.145. The van der Waals surface area contributed by atoms with E-state index in [0.717, 1.165) is 50.3 Å². The van der Waals surface area contributed by atoms with Gasteiger partial charge in [0.2, 0.25) is 11.7 Å². The molecule has 4 fully saturated rings. The van der Waals surface area contributed by atoms with Gasteiger partial charge in [-0.25, -0.2) is 9.97 Å². The zero-order valence-electron chi connectivity index (χ0n) is 25.6. The van der Waals surface area contributed by atoms with Gasteiger partial charge in [-0.1, -0.05) is 23.5 Å². The zero-order chi connectivity index (χ0) is 30.9. The summed E-state index contributed by atoms with van der Waals surface area (Å²) in [4.78, 5) is 23.6. The van der Waals surface area contributed by atoms with Gasteiger partial charge in [0.15, 0.2) is 16.6 Å². The number of aromatic nitrogens is 2. The lowest BCUT2D eigenvalue weighted by molar-refractivity contribution is -0.119. The van der Waals surface area contributed by atoms with Crippen LogP contribution in [0, 0.1) is 28.6 Å². The van der Waals surface area contributed by atoms with Gasteiger partial charge in [0.05, 0.1) is 27.0 Å². The lowest BCUT2D eigenvalue weighted by Gasteiger charge is -2.49. The topological polar surface area (TPSA) is 121 Å². The molecule has 4 aromatic rings. The highest BCUT2D eigenvalue weighted by Crippen LogP contribution is 2.79. The van der Waals surface area contributed by atoms with Gasteiger partial charge in [0, 0.05) is 40.9 Å². The first-order valence-electron chi connectivity index (χ1n) is 15.5. The number of nitrogens with zero attached hydrogens (tertiary/aromatic N) is 2. The van der Waals surface area contributed by atoms with E-state index in [2.05, 4.69) is 15.6 Å². The predicted octanol–water partition coefficient (Wildman–Crippen LogP) is 7.83. The van der Waals surface area contributed by atoms with Crippen molar-refractivity contribution in [3.63, 3.8) is 0 Å². The Labute approximate surface area is 270 Å². The third-order valence-corrected chi connectivity index (χ3v) is 12.8. The fourth-order valence-electron chi connectivity index (χ4n) is 9.37. The Bertz CT molecular complexity index is 1780. The summed E-state index contributed by atoms with van der Waals surface area (Å²) in [6.07, 6.45) is 8.69. The van der Waals surface area contributed by atoms with Crippen molar-refractivity contribution >= 4 is 50.9 Å². The highest BCUT2D eigenvalue weighted by Gasteiger charge is 2.70. The number of ether oxygens (including phenoxy) is 3. The fraction of sp³-hybridized carbons (Fsp3) is 0.441. The van der Waals surface area contributed by atoms with E-state index in [1.54, 1.807) is 21.3 Å². The summed E-state index contributed by atoms with van der Waals surface area (Å²) in [7, 11) is 4.73. The minimum Gasteiger partial charge on any atom is -0.493 e. The van der Waals surface area contributed by atoms with E-state index in [-0.39, 0.29) is 11.3 Å². The number of carbonyl (C=O) groups is 1. The van der Waals surface area contributed by atoms with Gasteiger partial charge < -0.3 is 30.6 Å². The van der Waals surface area contributed by atoms with Crippen LogP contribution in [0.2, 0.25) is 0 Å². The van der Waals surface area contributed by atoms with Gasteiger partial charge in [-0.05, 0) is 79.2 Å². The monoisotopic (exact) mass is 643 g/mol. The average molecular weight is 644 g/mol. The van der Waals surface area contributed by atoms with Crippen LogP contribution in [0.3, 0.4) is 0 Å². The summed E-state index contributed by atoms with van der Waals surface area (Å²) in [5.74, 6) is 4.81. The van der Waals surface area contributed by atoms with E-state index >= 15 is 0 Å². The lowest BCUT2D eigenvalue weighted by atomic mass is 9.55. The molecule has 4 aliphatic carbocycles. The third-order valence-electron chi connectivity index (χ3n) is 10.8. The number of hydrogen-bond acceptors (Lipinski definition) is 10. The van der Waals surface area contributed by atoms with Gasteiger partial charge in [-0.3, -0.25) is 4.79 Å². The number of thiazole rings is 2. The van der Waals surface area contributed by atoms with E-state index in [9.17, 15) is 4.79 Å². The van der Waals surface area contributed by atoms with Crippen LogP contribution < -0.4 is 30.6 Å². The number of nitrogens with two attached hydrogens (primary N) is 1. The summed E-state index contributed by atoms with van der Waals surface area (Å²) in [5.41, 5.74) is 10.5. The normalized spacial score (nSPS) is 27.1. The Balaban J connectivity index is 0.961. The van der Waals surface area contributed by atoms with Crippen molar-refractivity contribution in [3.05, 3.63) is 41.8 Å². The molecular weight excluding hydrogens is 607 g/mol. The number of hydrogen-bond donors (Lipinski definition) is 3. The van der Waals surface area contributed by atoms with Crippen LogP contribution in [-0.4, -0.2) is 37.2 Å². The highest BCUT2D eigenvalue weighted by molar-refractivity contribution is 7.23. The van der Waals surface area contributed by atoms with Crippen LogP contribution in [0.1, 0.15) is 44.9 Å². The molecule has 3 bridgehead atoms. The molecule has 0 aliphatic heterocycles. The number of rotatable bonds is 10. The Morgan fingerprint density at radius 2 is 1.82 bits per heavy atom. The van der Waals surface area contributed by atoms with Crippen molar-refractivity contribution in [3.8, 4) is 38.4 Å². The Morgan fingerprint density at radius 3 is 2.60 bits per heavy atom. The molecule has 1 spiro atoms. The number of nitrogen functional groups attached to an aromatic ring is 1. The maximum absolute atomic E-state index is 13.4. The Morgan fingerprint density at radius 1 is 1.00 bits per heavy atom. The number of methoxy groups -OCH3 is 3. The molecule has 234 valence electrons. The molecule has 5 unspecified atom stereocenters. The summed E-state index contributed by atoms with van der Waals surface area (Å²) in [6.45, 7) is 0. The molecular formula is C34H37N5O4S2. The smallest absolute Gasteiger partial charge is 0.224 e. The summed E-state index contributed by atoms with van der Waals surface area (Å²) in [6, 6.07) is 11.6. The molecule has 2 aromatic heterocycles. The standard InChI is InChI=1S/C34H37N5O4S2/c1-41-25-10-23(11-26(42-2)28(25)43-3)37-32-39-30(35)29(45-32)31-38-24(16-44-31)19-5-4-6-22(8-19)36-27(40)15-33-12-18-7-20-9-21(14-33)34(20,13-18)17-33/h4-6,8,10-11,16,18,20-21H,7,9,12-15,17,35H2,1-3H3,(H,36,40)(H,37,39). The zero-order valence-corrected chi connectivity index (χ0v) is 27.3. The minimum absolute atomic E-state index is 0.145. The molecule has 4 saturated carbocycles. The molecule has 4 N–H and O–H groups in total. The molecule has 11 heteroatoms. The molecule has 8 rings (SSSR count). The van der Waals surface area contributed by atoms with Crippen LogP contribution in [0.5, 0.6) is 17.2 Å². The van der Waals surface area contributed by atoms with E-state index in [0.29, 0.717) is 40.0 Å². The first kappa shape index (κ1) is 28.6. The van der Waals surface area contributed by atoms with Crippen molar-refractivity contribution in [2.75, 3.05) is 37.7 Å². The number of amides is 1. The molecule has 2 heterocycles. The van der Waals surface area contributed by atoms with Gasteiger partial charge in [0.25, 0.3) is 0 Å². The first-order valence-corrected chi connectivity index (χ1v) is 17.2. The van der Waals surface area contributed by atoms with Crippen molar-refractivity contribution in [2.24, 2.45) is 28.6 Å². The summed E-state index contributed by atoms with van der Waals surface area (Å²) < 4.78 is 16.4. The van der Waals surface area contributed by atoms with Crippen molar-refractivity contribution < 1.29 is 19.0 Å². The number of fused-ring (bicyclic) bond motifs is 2. The number of carbonyl (C=O) groups excluding carboxylic acids is 1. The maximum atomic E-state index is 13.4. The maximum Gasteiger partial charge on any atom is 0.224 e. The second-order valence-corrected chi connectivity index (χ2v) is 15.2. The largest absolute Gasteiger partial charge is 0.493 e. The summed E-state index contributed by atoms with van der Waals surface area (Å²) in [5, 5.41) is 9.94. The van der Waals surface area contributed by atoms with Gasteiger partial charge >= 0.3 is 0 Å². The number of benzene rings is 2. The average Bonchev–Trinajstić information content (AvgIpc) is 3.73. The van der Waals surface area contributed by atoms with Crippen LogP contribution in [0.4, 0.5) is 22.3 Å². The van der Waals surface area contributed by atoms with E-state index in [1.165, 1.54) is 61.2 Å². The molecule has 9 nitrogen and oxygen atoms in total. The van der Waals surface area contributed by atoms with Gasteiger partial charge in [-0.15, -0.1) is 11.3 Å². The van der Waals surface area contributed by atoms with E-state index in [4.69, 9.17) is 24.9 Å². The molecule has 2 aromatic carbocycles. The van der Waals surface area contributed by atoms with Crippen molar-refractivity contribution in [1.82, 2.24) is 9.97 Å². The van der Waals surface area contributed by atoms with Crippen LogP contribution >= 0.6 is 22.7 Å². The van der Waals surface area contributed by atoms with E-state index < -0.39 is 0 Å². The molecule has 45 heavy (non-hydrogen) atoms. The first-order chi connectivity index (χ1) is 21.8. The highest BCUT2D eigenvalue weighted by atomic mass is 32.1. The SMILES string of the molecule is COc1cc(Nc2nc(N)c(-c3nc(-c4cccc(NC(=O)CC56CC7CC8CC(C5)C8(C7)C6)c4)cs3)s2)cc(OC)c1OC. The van der Waals surface area contributed by atoms with Crippen molar-refractivity contribution in [2.45, 2.75) is 44.9 Å². The quantitative estimate of drug-likeness (QED) is 0.160. The predicted molar refractivity (Wildman–Crippen MR) is 179 cm³/mol. The Kier molecular flexibility index (Phi) is 6.76. The van der Waals surface area contributed by atoms with Gasteiger partial charge in [-0.2, -0.15) is 0 Å². The number of nitrogens with one attached hydrogen (secondary N) is 2. The second kappa shape index (κ2) is 10.6. The second-order valence-electron chi connectivity index (χ2n) is 13.4. The molecule has 4 aliphatic rings. The van der Waals surface area contributed by atoms with E-state index in [1.807, 2.05) is 41.8 Å². The molecule has 0 radical (unpaired) electrons. The van der Waals surface area contributed by atoms with Crippen LogP contribution in [0.15, 0.2) is 41.8 Å². The molecule has 1 amide bonds. The van der Waals surface area contributed by atoms with Crippen LogP contribution in [0.25, 0.3) is 21.1 Å². The summed E-state index contributed by atoms with van der Waals surface area (Å²) >= 11 is 2.94. The molecule has 5 atom stereocenters. The third kappa shape index (κ3) is 4.74. The van der Waals surface area contributed by atoms with Gasteiger partial charge in [0.1, 0.15) is 15.7 Å². The van der Waals surface area contributed by atoms with Crippen LogP contribution in [-0.2, 0) is 4.79 Å². The molecule has 0 saturated heterocycles. The number of anilines is 4. The lowest BCUT2D eigenvalue weighted by Crippen LogP contribution is -2.42. The Hall–Kier alpha value is -3.83. The van der Waals surface area contributed by atoms with Crippen molar-refractivity contribution in [1.29, 1.82) is 0 Å². The fourth-order valence-corrected chi connectivity index (χ4v) is 11.2.